The summed E-state index contributed by atoms with van der Waals surface area (Å²) in [6, 6.07) is 9.13. The molecule has 6 N–H and O–H groups in total. The highest BCUT2D eigenvalue weighted by Crippen LogP contribution is 2.42. The number of amides is 6. The first-order valence-electron chi connectivity index (χ1n) is 25.3. The van der Waals surface area contributed by atoms with E-state index in [2.05, 4.69) is 31.9 Å². The molecule has 1 aromatic rings. The summed E-state index contributed by atoms with van der Waals surface area (Å²) in [5.74, 6) is -3.74. The predicted octanol–water partition coefficient (Wildman–Crippen LogP) is 2.29. The van der Waals surface area contributed by atoms with Crippen molar-refractivity contribution in [2.24, 2.45) is 0 Å². The smallest absolute Gasteiger partial charge is 0.408 e. The molecule has 0 heterocycles. The molecule has 0 radical (unpaired) electrons. The Balaban J connectivity index is 1.15. The molecule has 21 nitrogen and oxygen atoms in total. The molecule has 12 atom stereocenters. The fourth-order valence-electron chi connectivity index (χ4n) is 12.3. The van der Waals surface area contributed by atoms with Gasteiger partial charge in [-0.2, -0.15) is 0 Å². The van der Waals surface area contributed by atoms with Crippen LogP contribution in [0.2, 0.25) is 0 Å². The van der Waals surface area contributed by atoms with Gasteiger partial charge in [-0.1, -0.05) is 30.3 Å². The number of carbonyl (C=O) groups is 7. The highest BCUT2D eigenvalue weighted by atomic mass is 16.6. The van der Waals surface area contributed by atoms with Gasteiger partial charge in [-0.15, -0.1) is 0 Å². The fraction of sp³-hybridized carbons (Fsp3) is 0.745. The lowest BCUT2D eigenvalue weighted by molar-refractivity contribution is -0.152. The van der Waals surface area contributed by atoms with Gasteiger partial charge in [0.05, 0.1) is 43.7 Å². The lowest BCUT2D eigenvalue weighted by atomic mass is 9.86. The van der Waals surface area contributed by atoms with Gasteiger partial charge in [-0.3, -0.25) is 24.0 Å². The Morgan fingerprint density at radius 1 is 0.403 bits per heavy atom. The number of carbonyl (C=O) groups excluding carboxylic acids is 7. The summed E-state index contributed by atoms with van der Waals surface area (Å²) >= 11 is 0. The summed E-state index contributed by atoms with van der Waals surface area (Å²) in [6.45, 7) is -0.0283. The summed E-state index contributed by atoms with van der Waals surface area (Å²) in [5, 5.41) is 18.1. The molecule has 0 spiro atoms. The van der Waals surface area contributed by atoms with Crippen molar-refractivity contribution in [1.29, 1.82) is 0 Å². The van der Waals surface area contributed by atoms with Gasteiger partial charge in [0.2, 0.25) is 29.5 Å². The van der Waals surface area contributed by atoms with E-state index in [1.54, 1.807) is 7.11 Å². The highest BCUT2D eigenvalue weighted by Gasteiger charge is 2.60. The number of nitrogens with one attached hydrogen (secondary N) is 6. The van der Waals surface area contributed by atoms with Crippen molar-refractivity contribution in [3.8, 4) is 0 Å². The maximum absolute atomic E-state index is 15.3. The topological polar surface area (TPSA) is 266 Å². The van der Waals surface area contributed by atoms with Gasteiger partial charge in [0, 0.05) is 81.2 Å². The van der Waals surface area contributed by atoms with E-state index in [-0.39, 0.29) is 95.9 Å². The molecule has 6 aliphatic rings. The van der Waals surface area contributed by atoms with Gasteiger partial charge in [-0.05, 0) is 82.6 Å². The number of rotatable bonds is 20. The van der Waals surface area contributed by atoms with Gasteiger partial charge in [0.25, 0.3) is 0 Å². The molecule has 0 bridgehead atoms. The monoisotopic (exact) mass is 1010 g/mol. The Bertz CT molecular complexity index is 2150. The molecular formula is C51H76N6O15. The Labute approximate surface area is 421 Å². The molecule has 0 saturated heterocycles. The molecule has 6 fully saturated rings. The molecule has 0 aliphatic heterocycles. The van der Waals surface area contributed by atoms with E-state index in [1.807, 2.05) is 30.3 Å². The van der Waals surface area contributed by atoms with Gasteiger partial charge in [-0.25, -0.2) is 9.59 Å². The third-order valence-corrected chi connectivity index (χ3v) is 16.9. The number of hydrogen-bond acceptors (Lipinski definition) is 15. The van der Waals surface area contributed by atoms with Crippen molar-refractivity contribution in [1.82, 2.24) is 31.9 Å². The summed E-state index contributed by atoms with van der Waals surface area (Å²) in [6.07, 6.45) is 0.913. The Morgan fingerprint density at radius 2 is 0.667 bits per heavy atom. The summed E-state index contributed by atoms with van der Waals surface area (Å²) in [4.78, 5) is 102. The van der Waals surface area contributed by atoms with Crippen molar-refractivity contribution in [2.45, 2.75) is 192 Å². The standard InChI is InChI=1S/C51H76N6O15/c1-65-33-13-19-46(25-33,53-41(60)48(21-15-35(27-48)67-3)55-43(62)50(23-17-37(29-50)69-5)57-45(64)72-31-32-11-9-8-10-12-32)39(58)52-47(20-14-34(26-47)66-2)40(59)54-49(22-16-36(28-49)68-4)42(61)56-51(44(63)71-7)24-18-38(30-51)70-6/h8-12,33-38H,13-31H2,1-7H3,(H,52,58)(H,53,60)(H,54,59)(H,55,62)(H,56,61)(H,57,64)/t33-,34-,35-,36-,37-,38-,46+,47+,48+,49+,50+,51+/m0/s1. The Kier molecular flexibility index (Phi) is 17.3. The minimum Gasteiger partial charge on any atom is -0.467 e. The van der Waals surface area contributed by atoms with Crippen LogP contribution >= 0.6 is 0 Å². The second-order valence-electron chi connectivity index (χ2n) is 21.0. The van der Waals surface area contributed by atoms with Gasteiger partial charge >= 0.3 is 12.1 Å². The maximum atomic E-state index is 15.3. The number of hydrogen-bond donors (Lipinski definition) is 6. The van der Waals surface area contributed by atoms with E-state index >= 15 is 14.4 Å². The molecule has 6 saturated carbocycles. The van der Waals surface area contributed by atoms with Crippen LogP contribution < -0.4 is 31.9 Å². The minimum atomic E-state index is -1.64. The molecule has 6 aliphatic carbocycles. The van der Waals surface area contributed by atoms with Gasteiger partial charge in [0.1, 0.15) is 39.8 Å². The van der Waals surface area contributed by atoms with Crippen molar-refractivity contribution in [3.05, 3.63) is 35.9 Å². The van der Waals surface area contributed by atoms with Crippen LogP contribution in [0.5, 0.6) is 0 Å². The SMILES string of the molecule is COC(=O)[C@@]1(NC(=O)[C@@]2(NC(=O)[C@@]3(NC(=O)[C@@]4(NC(=O)[C@@]5(NC(=O)[C@@]6(NC(=O)OCc7ccccc7)CC[C@H](OC)C6)CC[C@H](OC)C5)CC[C@H](OC)C4)CC[C@H](OC)C3)CC[C@H](OC)C2)CC[C@H](OC)C1. The van der Waals surface area contributed by atoms with Gasteiger partial charge in [0.15, 0.2) is 0 Å². The zero-order chi connectivity index (χ0) is 52.0. The molecular weight excluding hydrogens is 937 g/mol. The number of benzene rings is 1. The van der Waals surface area contributed by atoms with E-state index in [1.165, 1.54) is 42.7 Å². The third kappa shape index (κ3) is 11.3. The molecule has 6 amide bonds. The van der Waals surface area contributed by atoms with Crippen molar-refractivity contribution < 1.29 is 71.5 Å². The first-order valence-corrected chi connectivity index (χ1v) is 25.3. The molecule has 1 aromatic carbocycles. The first kappa shape index (κ1) is 54.8. The van der Waals surface area contributed by atoms with E-state index in [0.29, 0.717) is 38.5 Å². The molecule has 0 aromatic heterocycles. The minimum absolute atomic E-state index is 0.0283. The van der Waals surface area contributed by atoms with Crippen LogP contribution in [0, 0.1) is 0 Å². The number of esters is 1. The third-order valence-electron chi connectivity index (χ3n) is 16.9. The number of alkyl carbamates (subject to hydrolysis) is 1. The molecule has 72 heavy (non-hydrogen) atoms. The zero-order valence-corrected chi connectivity index (χ0v) is 42.9. The van der Waals surface area contributed by atoms with Crippen LogP contribution in [0.1, 0.15) is 121 Å². The lowest BCUT2D eigenvalue weighted by Crippen LogP contribution is -2.72. The van der Waals surface area contributed by atoms with Crippen LogP contribution in [0.15, 0.2) is 30.3 Å². The van der Waals surface area contributed by atoms with Crippen LogP contribution in [-0.2, 0) is 73.3 Å². The van der Waals surface area contributed by atoms with E-state index in [0.717, 1.165) is 5.56 Å². The van der Waals surface area contributed by atoms with E-state index in [9.17, 15) is 19.2 Å². The van der Waals surface area contributed by atoms with Crippen molar-refractivity contribution >= 4 is 41.6 Å². The maximum Gasteiger partial charge on any atom is 0.408 e. The summed E-state index contributed by atoms with van der Waals surface area (Å²) < 4.78 is 45.0. The molecule has 21 heteroatoms. The van der Waals surface area contributed by atoms with Crippen molar-refractivity contribution in [3.63, 3.8) is 0 Å². The summed E-state index contributed by atoms with van der Waals surface area (Å²) in [5.41, 5.74) is -8.55. The Morgan fingerprint density at radius 3 is 0.944 bits per heavy atom. The number of ether oxygens (including phenoxy) is 8. The van der Waals surface area contributed by atoms with Crippen LogP contribution in [0.25, 0.3) is 0 Å². The molecule has 400 valence electrons. The zero-order valence-electron chi connectivity index (χ0n) is 42.9. The first-order chi connectivity index (χ1) is 34.4. The normalized spacial score (nSPS) is 36.1. The van der Waals surface area contributed by atoms with Gasteiger partial charge < -0.3 is 69.8 Å². The average Bonchev–Trinajstić information content (AvgIpc) is 4.27. The van der Waals surface area contributed by atoms with Crippen LogP contribution in [-0.4, -0.2) is 161 Å². The Hall–Kier alpha value is -4.93. The predicted molar refractivity (Wildman–Crippen MR) is 257 cm³/mol. The average molecular weight is 1010 g/mol. The van der Waals surface area contributed by atoms with E-state index in [4.69, 9.17) is 37.9 Å². The van der Waals surface area contributed by atoms with Crippen LogP contribution in [0.3, 0.4) is 0 Å². The second kappa shape index (κ2) is 22.7. The largest absolute Gasteiger partial charge is 0.467 e. The lowest BCUT2D eigenvalue weighted by Gasteiger charge is -2.41. The van der Waals surface area contributed by atoms with E-state index < -0.39 is 99.2 Å². The summed E-state index contributed by atoms with van der Waals surface area (Å²) in [7, 11) is 10.4. The second-order valence-corrected chi connectivity index (χ2v) is 21.0. The quantitative estimate of drug-likeness (QED) is 0.102. The highest BCUT2D eigenvalue weighted by molar-refractivity contribution is 6.03. The number of methoxy groups -OCH3 is 7. The molecule has 7 rings (SSSR count). The fourth-order valence-corrected chi connectivity index (χ4v) is 12.3. The molecule has 0 unspecified atom stereocenters. The van der Waals surface area contributed by atoms with Crippen LogP contribution in [0.4, 0.5) is 4.79 Å². The van der Waals surface area contributed by atoms with Crippen molar-refractivity contribution in [2.75, 3.05) is 49.8 Å².